The van der Waals surface area contributed by atoms with Gasteiger partial charge in [-0.1, -0.05) is 48.5 Å². The lowest BCUT2D eigenvalue weighted by Gasteiger charge is -2.38. The first-order valence-electron chi connectivity index (χ1n) is 10.8. The smallest absolute Gasteiger partial charge is 0.411 e. The van der Waals surface area contributed by atoms with Crippen molar-refractivity contribution in [1.82, 2.24) is 10.2 Å². The van der Waals surface area contributed by atoms with E-state index in [1.807, 2.05) is 57.2 Å². The number of carbonyl (C=O) groups excluding carboxylic acids is 2. The highest BCUT2D eigenvalue weighted by molar-refractivity contribution is 5.87. The minimum atomic E-state index is -0.614. The molecule has 0 unspecified atom stereocenters. The molecule has 0 saturated heterocycles. The number of carbonyl (C=O) groups is 2. The van der Waals surface area contributed by atoms with Gasteiger partial charge in [0.2, 0.25) is 5.91 Å². The molecule has 1 aliphatic heterocycles. The molecule has 158 valence electrons. The van der Waals surface area contributed by atoms with E-state index in [2.05, 4.69) is 17.4 Å². The highest BCUT2D eigenvalue weighted by Gasteiger charge is 2.38. The van der Waals surface area contributed by atoms with Crippen LogP contribution in [0.15, 0.2) is 48.5 Å². The van der Waals surface area contributed by atoms with Crippen molar-refractivity contribution >= 4 is 12.0 Å². The Balaban J connectivity index is 1.58. The van der Waals surface area contributed by atoms with Crippen molar-refractivity contribution < 1.29 is 14.3 Å². The molecular weight excluding hydrogens is 376 g/mol. The molecule has 2 aromatic carbocycles. The van der Waals surface area contributed by atoms with E-state index in [-0.39, 0.29) is 11.9 Å². The Morgan fingerprint density at radius 1 is 1.00 bits per heavy atom. The van der Waals surface area contributed by atoms with Crippen LogP contribution in [-0.4, -0.2) is 28.5 Å². The van der Waals surface area contributed by atoms with Gasteiger partial charge in [0.1, 0.15) is 11.6 Å². The van der Waals surface area contributed by atoms with Gasteiger partial charge >= 0.3 is 6.09 Å². The van der Waals surface area contributed by atoms with Gasteiger partial charge in [-0.25, -0.2) is 4.79 Å². The topological polar surface area (TPSA) is 58.6 Å². The molecule has 0 aromatic heterocycles. The van der Waals surface area contributed by atoms with Crippen molar-refractivity contribution in [2.24, 2.45) is 0 Å². The molecule has 2 aliphatic rings. The SMILES string of the molecule is CC(C)(C)OC(=O)N1Cc2ccccc2C[C@H]1C(=O)N[C@@H]1CCCc2ccccc21. The average Bonchev–Trinajstić information content (AvgIpc) is 2.72. The molecule has 1 aliphatic carbocycles. The second-order valence-electron chi connectivity index (χ2n) is 9.25. The third-order valence-electron chi connectivity index (χ3n) is 5.87. The molecule has 2 aromatic rings. The Kier molecular flexibility index (Phi) is 5.54. The van der Waals surface area contributed by atoms with E-state index >= 15 is 0 Å². The Morgan fingerprint density at radius 2 is 1.67 bits per heavy atom. The number of aryl methyl sites for hydroxylation is 1. The first-order valence-corrected chi connectivity index (χ1v) is 10.8. The molecule has 0 saturated carbocycles. The van der Waals surface area contributed by atoms with Crippen molar-refractivity contribution in [1.29, 1.82) is 0 Å². The Hall–Kier alpha value is -2.82. The van der Waals surface area contributed by atoms with E-state index in [9.17, 15) is 9.59 Å². The van der Waals surface area contributed by atoms with Crippen molar-refractivity contribution in [3.8, 4) is 0 Å². The van der Waals surface area contributed by atoms with Crippen molar-refractivity contribution in [2.75, 3.05) is 0 Å². The molecule has 1 heterocycles. The van der Waals surface area contributed by atoms with Gasteiger partial charge in [-0.05, 0) is 62.3 Å². The van der Waals surface area contributed by atoms with Gasteiger partial charge in [-0.15, -0.1) is 0 Å². The van der Waals surface area contributed by atoms with Crippen molar-refractivity contribution in [2.45, 2.75) is 70.7 Å². The summed E-state index contributed by atoms with van der Waals surface area (Å²) in [6.07, 6.45) is 3.06. The van der Waals surface area contributed by atoms with E-state index in [4.69, 9.17) is 4.74 Å². The molecular formula is C25H30N2O3. The first-order chi connectivity index (χ1) is 14.3. The number of fused-ring (bicyclic) bond motifs is 2. The van der Waals surface area contributed by atoms with Crippen LogP contribution in [0.1, 0.15) is 61.9 Å². The molecule has 2 atom stereocenters. The van der Waals surface area contributed by atoms with Crippen molar-refractivity contribution in [3.05, 3.63) is 70.8 Å². The fraction of sp³-hybridized carbons (Fsp3) is 0.440. The Bertz CT molecular complexity index is 947. The largest absolute Gasteiger partial charge is 0.444 e. The number of hydrogen-bond donors (Lipinski definition) is 1. The molecule has 2 amide bonds. The van der Waals surface area contributed by atoms with Crippen LogP contribution in [-0.2, 0) is 28.9 Å². The van der Waals surface area contributed by atoms with Crippen molar-refractivity contribution in [3.63, 3.8) is 0 Å². The zero-order valence-electron chi connectivity index (χ0n) is 18.0. The number of nitrogens with zero attached hydrogens (tertiary/aromatic N) is 1. The Labute approximate surface area is 178 Å². The van der Waals surface area contributed by atoms with Gasteiger partial charge in [0, 0.05) is 6.42 Å². The number of hydrogen-bond acceptors (Lipinski definition) is 3. The number of ether oxygens (including phenoxy) is 1. The van der Waals surface area contributed by atoms with E-state index in [0.717, 1.165) is 30.4 Å². The predicted molar refractivity (Wildman–Crippen MR) is 116 cm³/mol. The number of amides is 2. The summed E-state index contributed by atoms with van der Waals surface area (Å²) in [5.41, 5.74) is 4.05. The third kappa shape index (κ3) is 4.35. The first kappa shape index (κ1) is 20.5. The summed E-state index contributed by atoms with van der Waals surface area (Å²) in [4.78, 5) is 27.9. The van der Waals surface area contributed by atoms with E-state index in [0.29, 0.717) is 13.0 Å². The summed E-state index contributed by atoms with van der Waals surface area (Å²) in [5, 5.41) is 3.23. The minimum absolute atomic E-state index is 0.0138. The lowest BCUT2D eigenvalue weighted by molar-refractivity contribution is -0.128. The van der Waals surface area contributed by atoms with Gasteiger partial charge in [0.25, 0.3) is 0 Å². The summed E-state index contributed by atoms with van der Waals surface area (Å²) in [5.74, 6) is -0.114. The number of benzene rings is 2. The van der Waals surface area contributed by atoms with Crippen LogP contribution in [0.3, 0.4) is 0 Å². The molecule has 30 heavy (non-hydrogen) atoms. The highest BCUT2D eigenvalue weighted by Crippen LogP contribution is 2.31. The quantitative estimate of drug-likeness (QED) is 0.796. The molecule has 5 heteroatoms. The van der Waals surface area contributed by atoms with Gasteiger partial charge in [0.15, 0.2) is 0 Å². The fourth-order valence-corrected chi connectivity index (χ4v) is 4.44. The number of nitrogens with one attached hydrogen (secondary N) is 1. The molecule has 0 spiro atoms. The standard InChI is InChI=1S/C25H30N2O3/c1-25(2,3)30-24(29)27-16-19-11-5-4-10-18(19)15-22(27)23(28)26-21-14-8-12-17-9-6-7-13-20(17)21/h4-7,9-11,13,21-22H,8,12,14-16H2,1-3H3,(H,26,28)/t21-,22+/m1/s1. The van der Waals surface area contributed by atoms with E-state index < -0.39 is 17.7 Å². The maximum absolute atomic E-state index is 13.4. The predicted octanol–water partition coefficient (Wildman–Crippen LogP) is 4.54. The molecule has 5 nitrogen and oxygen atoms in total. The maximum atomic E-state index is 13.4. The molecule has 0 fully saturated rings. The maximum Gasteiger partial charge on any atom is 0.411 e. The average molecular weight is 407 g/mol. The van der Waals surface area contributed by atoms with Gasteiger partial charge in [0.05, 0.1) is 12.6 Å². The van der Waals surface area contributed by atoms with Gasteiger partial charge in [-0.2, -0.15) is 0 Å². The lowest BCUT2D eigenvalue weighted by Crippen LogP contribution is -2.54. The fourth-order valence-electron chi connectivity index (χ4n) is 4.44. The Morgan fingerprint density at radius 3 is 2.40 bits per heavy atom. The van der Waals surface area contributed by atoms with Crippen LogP contribution in [0.5, 0.6) is 0 Å². The van der Waals surface area contributed by atoms with E-state index in [1.165, 1.54) is 11.1 Å². The van der Waals surface area contributed by atoms with Crippen LogP contribution in [0.25, 0.3) is 0 Å². The molecule has 1 N–H and O–H groups in total. The van der Waals surface area contributed by atoms with Gasteiger partial charge in [-0.3, -0.25) is 9.69 Å². The lowest BCUT2D eigenvalue weighted by atomic mass is 9.87. The number of rotatable bonds is 2. The summed E-state index contributed by atoms with van der Waals surface area (Å²) in [6.45, 7) is 5.91. The minimum Gasteiger partial charge on any atom is -0.444 e. The van der Waals surface area contributed by atoms with E-state index in [1.54, 1.807) is 4.90 Å². The summed E-state index contributed by atoms with van der Waals surface area (Å²) >= 11 is 0. The highest BCUT2D eigenvalue weighted by atomic mass is 16.6. The summed E-state index contributed by atoms with van der Waals surface area (Å²) in [7, 11) is 0. The second kappa shape index (κ2) is 8.13. The van der Waals surface area contributed by atoms with Gasteiger partial charge < -0.3 is 10.1 Å². The summed E-state index contributed by atoms with van der Waals surface area (Å²) < 4.78 is 5.63. The molecule has 0 radical (unpaired) electrons. The zero-order valence-corrected chi connectivity index (χ0v) is 18.0. The van der Waals surface area contributed by atoms with Crippen LogP contribution in [0, 0.1) is 0 Å². The molecule has 0 bridgehead atoms. The molecule has 4 rings (SSSR count). The van der Waals surface area contributed by atoms with Crippen LogP contribution < -0.4 is 5.32 Å². The third-order valence-corrected chi connectivity index (χ3v) is 5.87. The van der Waals surface area contributed by atoms with Crippen LogP contribution in [0.4, 0.5) is 4.79 Å². The zero-order chi connectivity index (χ0) is 21.3. The second-order valence-corrected chi connectivity index (χ2v) is 9.25. The monoisotopic (exact) mass is 406 g/mol. The normalized spacial score (nSPS) is 20.7. The summed E-state index contributed by atoms with van der Waals surface area (Å²) in [6, 6.07) is 15.7. The van der Waals surface area contributed by atoms with Crippen LogP contribution in [0.2, 0.25) is 0 Å². The van der Waals surface area contributed by atoms with Crippen LogP contribution >= 0.6 is 0 Å².